The SMILES string of the molecule is CC(C)(C)c1ccc(C(=O)c2ccccc2NC(=O)CCS(C)(=O)=O)cc1. The third-order valence-corrected chi connectivity index (χ3v) is 5.10. The number of hydrogen-bond acceptors (Lipinski definition) is 4. The highest BCUT2D eigenvalue weighted by Crippen LogP contribution is 2.24. The Morgan fingerprint density at radius 3 is 2.11 bits per heavy atom. The van der Waals surface area contributed by atoms with Gasteiger partial charge in [-0.15, -0.1) is 0 Å². The standard InChI is InChI=1S/C21H25NO4S/c1-21(2,3)16-11-9-15(10-12-16)20(24)17-7-5-6-8-18(17)22-19(23)13-14-27(4,25)26/h5-12H,13-14H2,1-4H3,(H,22,23). The van der Waals surface area contributed by atoms with Crippen molar-refractivity contribution in [1.29, 1.82) is 0 Å². The number of para-hydroxylation sites is 1. The molecule has 0 saturated carbocycles. The Balaban J connectivity index is 2.21. The van der Waals surface area contributed by atoms with Crippen LogP contribution in [0.15, 0.2) is 48.5 Å². The zero-order chi connectivity index (χ0) is 20.2. The van der Waals surface area contributed by atoms with E-state index >= 15 is 0 Å². The highest BCUT2D eigenvalue weighted by molar-refractivity contribution is 7.90. The van der Waals surface area contributed by atoms with Crippen LogP contribution >= 0.6 is 0 Å². The first-order valence-electron chi connectivity index (χ1n) is 8.69. The van der Waals surface area contributed by atoms with Gasteiger partial charge in [0.25, 0.3) is 0 Å². The lowest BCUT2D eigenvalue weighted by Crippen LogP contribution is -2.18. The molecule has 2 aromatic carbocycles. The molecule has 1 amide bonds. The average molecular weight is 388 g/mol. The number of rotatable bonds is 6. The molecular weight excluding hydrogens is 362 g/mol. The monoisotopic (exact) mass is 387 g/mol. The van der Waals surface area contributed by atoms with Gasteiger partial charge >= 0.3 is 0 Å². The van der Waals surface area contributed by atoms with Crippen LogP contribution in [-0.2, 0) is 20.0 Å². The first kappa shape index (κ1) is 20.8. The molecule has 1 N–H and O–H groups in total. The molecule has 0 spiro atoms. The molecule has 0 fully saturated rings. The van der Waals surface area contributed by atoms with Gasteiger partial charge in [0.15, 0.2) is 5.78 Å². The number of hydrogen-bond donors (Lipinski definition) is 1. The van der Waals surface area contributed by atoms with E-state index in [0.717, 1.165) is 11.8 Å². The Hall–Kier alpha value is -2.47. The second kappa shape index (κ2) is 8.05. The molecule has 2 aromatic rings. The maximum atomic E-state index is 12.9. The lowest BCUT2D eigenvalue weighted by molar-refractivity contribution is -0.115. The van der Waals surface area contributed by atoms with E-state index in [-0.39, 0.29) is 23.4 Å². The lowest BCUT2D eigenvalue weighted by atomic mass is 9.86. The zero-order valence-electron chi connectivity index (χ0n) is 16.1. The minimum atomic E-state index is -3.22. The minimum Gasteiger partial charge on any atom is -0.325 e. The lowest BCUT2D eigenvalue weighted by Gasteiger charge is -2.19. The van der Waals surface area contributed by atoms with Crippen molar-refractivity contribution in [3.8, 4) is 0 Å². The smallest absolute Gasteiger partial charge is 0.225 e. The molecule has 5 nitrogen and oxygen atoms in total. The summed E-state index contributed by atoms with van der Waals surface area (Å²) in [7, 11) is -3.22. The zero-order valence-corrected chi connectivity index (χ0v) is 16.9. The van der Waals surface area contributed by atoms with E-state index in [1.54, 1.807) is 36.4 Å². The highest BCUT2D eigenvalue weighted by Gasteiger charge is 2.18. The number of carbonyl (C=O) groups excluding carboxylic acids is 2. The molecule has 0 aliphatic rings. The van der Waals surface area contributed by atoms with Crippen molar-refractivity contribution in [1.82, 2.24) is 0 Å². The van der Waals surface area contributed by atoms with E-state index in [1.807, 2.05) is 12.1 Å². The number of benzene rings is 2. The Labute approximate surface area is 160 Å². The number of sulfone groups is 1. The molecule has 0 aliphatic heterocycles. The summed E-state index contributed by atoms with van der Waals surface area (Å²) in [5, 5.41) is 2.65. The molecule has 0 unspecified atom stereocenters. The van der Waals surface area contributed by atoms with Crippen LogP contribution in [0.25, 0.3) is 0 Å². The number of anilines is 1. The predicted octanol–water partition coefficient (Wildman–Crippen LogP) is 3.59. The number of nitrogens with one attached hydrogen (secondary N) is 1. The molecule has 0 atom stereocenters. The van der Waals surface area contributed by atoms with Crippen LogP contribution in [0.3, 0.4) is 0 Å². The van der Waals surface area contributed by atoms with E-state index in [2.05, 4.69) is 26.1 Å². The summed E-state index contributed by atoms with van der Waals surface area (Å²) in [5.41, 5.74) is 2.39. The van der Waals surface area contributed by atoms with Gasteiger partial charge in [0, 0.05) is 23.8 Å². The van der Waals surface area contributed by atoms with Gasteiger partial charge in [-0.3, -0.25) is 9.59 Å². The second-order valence-electron chi connectivity index (χ2n) is 7.63. The van der Waals surface area contributed by atoms with Gasteiger partial charge in [-0.05, 0) is 23.1 Å². The van der Waals surface area contributed by atoms with Gasteiger partial charge in [0.2, 0.25) is 5.91 Å². The van der Waals surface area contributed by atoms with Crippen LogP contribution in [0.2, 0.25) is 0 Å². The van der Waals surface area contributed by atoms with Crippen LogP contribution in [0.4, 0.5) is 5.69 Å². The van der Waals surface area contributed by atoms with Crippen molar-refractivity contribution in [2.24, 2.45) is 0 Å². The summed E-state index contributed by atoms with van der Waals surface area (Å²) in [6, 6.07) is 14.1. The molecule has 0 aromatic heterocycles. The molecule has 144 valence electrons. The normalized spacial score (nSPS) is 11.9. The van der Waals surface area contributed by atoms with Crippen molar-refractivity contribution >= 4 is 27.2 Å². The molecule has 0 radical (unpaired) electrons. The van der Waals surface area contributed by atoms with Crippen LogP contribution in [-0.4, -0.2) is 32.1 Å². The highest BCUT2D eigenvalue weighted by atomic mass is 32.2. The molecule has 0 bridgehead atoms. The van der Waals surface area contributed by atoms with Crippen LogP contribution in [0.1, 0.15) is 48.7 Å². The molecule has 2 rings (SSSR count). The predicted molar refractivity (Wildman–Crippen MR) is 108 cm³/mol. The summed E-state index contributed by atoms with van der Waals surface area (Å²) in [6.45, 7) is 6.31. The third kappa shape index (κ3) is 6.03. The van der Waals surface area contributed by atoms with E-state index in [4.69, 9.17) is 0 Å². The summed E-state index contributed by atoms with van der Waals surface area (Å²) in [6.07, 6.45) is 0.931. The number of carbonyl (C=O) groups is 2. The van der Waals surface area contributed by atoms with Crippen LogP contribution in [0, 0.1) is 0 Å². The largest absolute Gasteiger partial charge is 0.325 e. The summed E-state index contributed by atoms with van der Waals surface area (Å²) < 4.78 is 22.4. The first-order chi connectivity index (χ1) is 12.5. The molecule has 0 heterocycles. The summed E-state index contributed by atoms with van der Waals surface area (Å²) in [4.78, 5) is 24.9. The molecule has 27 heavy (non-hydrogen) atoms. The fourth-order valence-electron chi connectivity index (χ4n) is 2.56. The Bertz CT molecular complexity index is 939. The van der Waals surface area contributed by atoms with Crippen LogP contribution in [0.5, 0.6) is 0 Å². The number of ketones is 1. The Morgan fingerprint density at radius 2 is 1.56 bits per heavy atom. The van der Waals surface area contributed by atoms with Gasteiger partial charge in [-0.1, -0.05) is 57.2 Å². The van der Waals surface area contributed by atoms with Gasteiger partial charge in [-0.25, -0.2) is 8.42 Å². The van der Waals surface area contributed by atoms with Crippen molar-refractivity contribution in [3.63, 3.8) is 0 Å². The van der Waals surface area contributed by atoms with Gasteiger partial charge in [-0.2, -0.15) is 0 Å². The molecule has 0 saturated heterocycles. The van der Waals surface area contributed by atoms with Crippen molar-refractivity contribution < 1.29 is 18.0 Å². The maximum absolute atomic E-state index is 12.9. The molecular formula is C21H25NO4S. The minimum absolute atomic E-state index is 0.00687. The topological polar surface area (TPSA) is 80.3 Å². The van der Waals surface area contributed by atoms with E-state index in [9.17, 15) is 18.0 Å². The number of amides is 1. The quantitative estimate of drug-likeness (QED) is 0.768. The Kier molecular flexibility index (Phi) is 6.21. The fraction of sp³-hybridized carbons (Fsp3) is 0.333. The summed E-state index contributed by atoms with van der Waals surface area (Å²) in [5.74, 6) is -0.873. The van der Waals surface area contributed by atoms with Crippen molar-refractivity contribution in [2.45, 2.75) is 32.6 Å². The molecule has 0 aliphatic carbocycles. The van der Waals surface area contributed by atoms with Gasteiger partial charge in [0.05, 0.1) is 11.4 Å². The average Bonchev–Trinajstić information content (AvgIpc) is 2.59. The van der Waals surface area contributed by atoms with E-state index in [1.165, 1.54) is 0 Å². The van der Waals surface area contributed by atoms with Gasteiger partial charge in [0.1, 0.15) is 9.84 Å². The van der Waals surface area contributed by atoms with Crippen molar-refractivity contribution in [2.75, 3.05) is 17.3 Å². The van der Waals surface area contributed by atoms with Crippen LogP contribution < -0.4 is 5.32 Å². The van der Waals surface area contributed by atoms with Gasteiger partial charge < -0.3 is 5.32 Å². The van der Waals surface area contributed by atoms with E-state index in [0.29, 0.717) is 16.8 Å². The first-order valence-corrected chi connectivity index (χ1v) is 10.8. The molecule has 6 heteroatoms. The fourth-order valence-corrected chi connectivity index (χ4v) is 3.11. The van der Waals surface area contributed by atoms with E-state index < -0.39 is 15.7 Å². The second-order valence-corrected chi connectivity index (χ2v) is 9.89. The third-order valence-electron chi connectivity index (χ3n) is 4.16. The maximum Gasteiger partial charge on any atom is 0.225 e. The Morgan fingerprint density at radius 1 is 0.963 bits per heavy atom. The summed E-state index contributed by atoms with van der Waals surface area (Å²) >= 11 is 0. The van der Waals surface area contributed by atoms with Crippen molar-refractivity contribution in [3.05, 3.63) is 65.2 Å².